The molecule has 1 aromatic rings. The van der Waals surface area contributed by atoms with Gasteiger partial charge in [-0.25, -0.2) is 8.78 Å². The molecule has 0 bridgehead atoms. The predicted molar refractivity (Wildman–Crippen MR) is 73.4 cm³/mol. The number of carbonyl (C=O) groups is 1. The standard InChI is InChI=1S/C15H20F2N2O/c1-9-5-6-12(16)13(14(9)17)15(20)19-8-10-3-2-4-11(18)7-10/h5-6,10-11H,2-4,7-8,18H2,1H3,(H,19,20). The predicted octanol–water partition coefficient (Wildman–Crippen LogP) is 2.52. The van der Waals surface area contributed by atoms with Crippen molar-refractivity contribution in [3.05, 3.63) is 34.9 Å². The zero-order valence-electron chi connectivity index (χ0n) is 11.6. The second-order valence-corrected chi connectivity index (χ2v) is 5.56. The van der Waals surface area contributed by atoms with Gasteiger partial charge in [0.2, 0.25) is 0 Å². The smallest absolute Gasteiger partial charge is 0.257 e. The van der Waals surface area contributed by atoms with Crippen molar-refractivity contribution in [1.82, 2.24) is 5.32 Å². The molecule has 1 aliphatic rings. The summed E-state index contributed by atoms with van der Waals surface area (Å²) in [5.74, 6) is -2.02. The normalized spacial score (nSPS) is 22.6. The highest BCUT2D eigenvalue weighted by atomic mass is 19.1. The minimum Gasteiger partial charge on any atom is -0.352 e. The first-order valence-corrected chi connectivity index (χ1v) is 6.97. The fraction of sp³-hybridized carbons (Fsp3) is 0.533. The summed E-state index contributed by atoms with van der Waals surface area (Å²) >= 11 is 0. The van der Waals surface area contributed by atoms with Crippen LogP contribution in [0.5, 0.6) is 0 Å². The van der Waals surface area contributed by atoms with Gasteiger partial charge in [0.05, 0.1) is 0 Å². The lowest BCUT2D eigenvalue weighted by Crippen LogP contribution is -2.36. The van der Waals surface area contributed by atoms with Crippen LogP contribution in [-0.2, 0) is 0 Å². The van der Waals surface area contributed by atoms with Gasteiger partial charge in [0, 0.05) is 12.6 Å². The molecule has 5 heteroatoms. The maximum Gasteiger partial charge on any atom is 0.257 e. The van der Waals surface area contributed by atoms with Crippen molar-refractivity contribution in [1.29, 1.82) is 0 Å². The van der Waals surface area contributed by atoms with E-state index in [1.54, 1.807) is 0 Å². The van der Waals surface area contributed by atoms with Gasteiger partial charge in [-0.1, -0.05) is 12.5 Å². The van der Waals surface area contributed by atoms with E-state index >= 15 is 0 Å². The first kappa shape index (κ1) is 14.9. The molecule has 0 heterocycles. The number of nitrogens with two attached hydrogens (primary N) is 1. The third-order valence-electron chi connectivity index (χ3n) is 3.89. The minimum atomic E-state index is -0.828. The molecule has 1 aromatic carbocycles. The Hall–Kier alpha value is -1.49. The number of aryl methyl sites for hydroxylation is 1. The molecular weight excluding hydrogens is 262 g/mol. The molecule has 0 saturated heterocycles. The van der Waals surface area contributed by atoms with Crippen LogP contribution in [0.25, 0.3) is 0 Å². The summed E-state index contributed by atoms with van der Waals surface area (Å²) in [6, 6.07) is 2.60. The molecule has 20 heavy (non-hydrogen) atoms. The highest BCUT2D eigenvalue weighted by Crippen LogP contribution is 2.22. The molecule has 1 aliphatic carbocycles. The van der Waals surface area contributed by atoms with E-state index < -0.39 is 23.1 Å². The van der Waals surface area contributed by atoms with E-state index in [4.69, 9.17) is 5.73 Å². The van der Waals surface area contributed by atoms with Crippen molar-refractivity contribution >= 4 is 5.91 Å². The van der Waals surface area contributed by atoms with Crippen molar-refractivity contribution in [2.24, 2.45) is 11.7 Å². The Morgan fingerprint density at radius 1 is 1.40 bits per heavy atom. The Kier molecular flexibility index (Phi) is 4.70. The van der Waals surface area contributed by atoms with Gasteiger partial charge >= 0.3 is 0 Å². The van der Waals surface area contributed by atoms with Crippen LogP contribution in [0.4, 0.5) is 8.78 Å². The molecule has 110 valence electrons. The SMILES string of the molecule is Cc1ccc(F)c(C(=O)NCC2CCCC(N)C2)c1F. The third-order valence-corrected chi connectivity index (χ3v) is 3.89. The fourth-order valence-electron chi connectivity index (χ4n) is 2.71. The molecule has 1 amide bonds. The maximum atomic E-state index is 13.8. The summed E-state index contributed by atoms with van der Waals surface area (Å²) in [4.78, 5) is 11.9. The maximum absolute atomic E-state index is 13.8. The topological polar surface area (TPSA) is 55.1 Å². The highest BCUT2D eigenvalue weighted by Gasteiger charge is 2.22. The van der Waals surface area contributed by atoms with E-state index in [0.717, 1.165) is 31.7 Å². The molecule has 0 aliphatic heterocycles. The molecule has 3 N–H and O–H groups in total. The van der Waals surface area contributed by atoms with Gasteiger partial charge in [0.1, 0.15) is 17.2 Å². The van der Waals surface area contributed by atoms with Gasteiger partial charge < -0.3 is 11.1 Å². The number of rotatable bonds is 3. The lowest BCUT2D eigenvalue weighted by molar-refractivity contribution is 0.0933. The molecule has 0 radical (unpaired) electrons. The number of nitrogens with one attached hydrogen (secondary N) is 1. The molecule has 0 spiro atoms. The first-order valence-electron chi connectivity index (χ1n) is 6.97. The zero-order chi connectivity index (χ0) is 14.7. The Morgan fingerprint density at radius 3 is 2.85 bits per heavy atom. The second-order valence-electron chi connectivity index (χ2n) is 5.56. The van der Waals surface area contributed by atoms with Gasteiger partial charge in [-0.05, 0) is 43.7 Å². The molecule has 1 saturated carbocycles. The summed E-state index contributed by atoms with van der Waals surface area (Å²) < 4.78 is 27.4. The number of amides is 1. The van der Waals surface area contributed by atoms with E-state index in [-0.39, 0.29) is 11.6 Å². The molecule has 0 aromatic heterocycles. The van der Waals surface area contributed by atoms with Crippen molar-refractivity contribution in [2.75, 3.05) is 6.54 Å². The van der Waals surface area contributed by atoms with Crippen molar-refractivity contribution in [2.45, 2.75) is 38.6 Å². The summed E-state index contributed by atoms with van der Waals surface area (Å²) in [5, 5.41) is 2.62. The number of hydrogen-bond donors (Lipinski definition) is 2. The Labute approximate surface area is 117 Å². The molecular formula is C15H20F2N2O. The van der Waals surface area contributed by atoms with Crippen molar-refractivity contribution in [3.8, 4) is 0 Å². The summed E-state index contributed by atoms with van der Waals surface area (Å²) in [6.07, 6.45) is 3.88. The fourth-order valence-corrected chi connectivity index (χ4v) is 2.71. The van der Waals surface area contributed by atoms with Crippen LogP contribution in [0.15, 0.2) is 12.1 Å². The van der Waals surface area contributed by atoms with Crippen molar-refractivity contribution < 1.29 is 13.6 Å². The zero-order valence-corrected chi connectivity index (χ0v) is 11.6. The number of benzene rings is 1. The monoisotopic (exact) mass is 282 g/mol. The molecule has 1 fully saturated rings. The molecule has 2 rings (SSSR count). The average molecular weight is 282 g/mol. The van der Waals surface area contributed by atoms with Gasteiger partial charge in [-0.3, -0.25) is 4.79 Å². The van der Waals surface area contributed by atoms with Crippen LogP contribution < -0.4 is 11.1 Å². The van der Waals surface area contributed by atoms with Crippen LogP contribution >= 0.6 is 0 Å². The Balaban J connectivity index is 2.00. The van der Waals surface area contributed by atoms with E-state index in [9.17, 15) is 13.6 Å². The van der Waals surface area contributed by atoms with Crippen LogP contribution in [-0.4, -0.2) is 18.5 Å². The number of hydrogen-bond acceptors (Lipinski definition) is 2. The molecule has 2 atom stereocenters. The van der Waals surface area contributed by atoms with Gasteiger partial charge in [0.25, 0.3) is 5.91 Å². The van der Waals surface area contributed by atoms with E-state index in [2.05, 4.69) is 5.32 Å². The van der Waals surface area contributed by atoms with Crippen LogP contribution in [0.1, 0.15) is 41.6 Å². The van der Waals surface area contributed by atoms with Gasteiger partial charge in [-0.15, -0.1) is 0 Å². The number of halogens is 2. The largest absolute Gasteiger partial charge is 0.352 e. The first-order chi connectivity index (χ1) is 9.49. The summed E-state index contributed by atoms with van der Waals surface area (Å²) in [6.45, 7) is 1.92. The van der Waals surface area contributed by atoms with Gasteiger partial charge in [-0.2, -0.15) is 0 Å². The molecule has 2 unspecified atom stereocenters. The van der Waals surface area contributed by atoms with Crippen LogP contribution in [0, 0.1) is 24.5 Å². The van der Waals surface area contributed by atoms with Crippen molar-refractivity contribution in [3.63, 3.8) is 0 Å². The summed E-state index contributed by atoms with van der Waals surface area (Å²) in [7, 11) is 0. The van der Waals surface area contributed by atoms with E-state index in [1.807, 2.05) is 0 Å². The Bertz CT molecular complexity index is 505. The lowest BCUT2D eigenvalue weighted by atomic mass is 9.86. The van der Waals surface area contributed by atoms with Gasteiger partial charge in [0.15, 0.2) is 0 Å². The number of carbonyl (C=O) groups excluding carboxylic acids is 1. The Morgan fingerprint density at radius 2 is 2.15 bits per heavy atom. The van der Waals surface area contributed by atoms with Crippen LogP contribution in [0.2, 0.25) is 0 Å². The van der Waals surface area contributed by atoms with E-state index in [0.29, 0.717) is 12.5 Å². The quantitative estimate of drug-likeness (QED) is 0.895. The lowest BCUT2D eigenvalue weighted by Gasteiger charge is -2.26. The average Bonchev–Trinajstić information content (AvgIpc) is 2.41. The van der Waals surface area contributed by atoms with E-state index in [1.165, 1.54) is 13.0 Å². The van der Waals surface area contributed by atoms with Crippen LogP contribution in [0.3, 0.4) is 0 Å². The minimum absolute atomic E-state index is 0.165. The third kappa shape index (κ3) is 3.33. The second kappa shape index (κ2) is 6.31. The molecule has 3 nitrogen and oxygen atoms in total. The highest BCUT2D eigenvalue weighted by molar-refractivity contribution is 5.94. The summed E-state index contributed by atoms with van der Waals surface area (Å²) in [5.41, 5.74) is 5.64.